The van der Waals surface area contributed by atoms with Crippen molar-refractivity contribution in [3.05, 3.63) is 103 Å². The fourth-order valence-corrected chi connectivity index (χ4v) is 15.4. The van der Waals surface area contributed by atoms with Crippen molar-refractivity contribution in [2.75, 3.05) is 0 Å². The summed E-state index contributed by atoms with van der Waals surface area (Å²) in [6.07, 6.45) is 12.3. The van der Waals surface area contributed by atoms with E-state index in [2.05, 4.69) is 105 Å². The van der Waals surface area contributed by atoms with Gasteiger partial charge in [0, 0.05) is 0 Å². The molecule has 0 radical (unpaired) electrons. The van der Waals surface area contributed by atoms with Crippen LogP contribution in [0.5, 0.6) is 0 Å². The molecule has 4 rings (SSSR count). The molecule has 0 atom stereocenters. The first kappa shape index (κ1) is 29.1. The summed E-state index contributed by atoms with van der Waals surface area (Å²) < 4.78 is 3.65. The van der Waals surface area contributed by atoms with Gasteiger partial charge in [-0.3, -0.25) is 0 Å². The van der Waals surface area contributed by atoms with E-state index in [9.17, 15) is 0 Å². The summed E-state index contributed by atoms with van der Waals surface area (Å²) in [6, 6.07) is 22.1. The summed E-state index contributed by atoms with van der Waals surface area (Å²) in [7, 11) is 2.41. The van der Waals surface area contributed by atoms with Gasteiger partial charge in [-0.05, 0) is 0 Å². The molecule has 0 nitrogen and oxygen atoms in total. The van der Waals surface area contributed by atoms with E-state index in [1.54, 1.807) is 11.1 Å². The van der Waals surface area contributed by atoms with Crippen molar-refractivity contribution in [3.63, 3.8) is 0 Å². The van der Waals surface area contributed by atoms with Gasteiger partial charge in [-0.15, -0.1) is 24.8 Å². The van der Waals surface area contributed by atoms with Crippen molar-refractivity contribution in [2.24, 2.45) is 0 Å². The van der Waals surface area contributed by atoms with E-state index >= 15 is 0 Å². The molecular weight excluding hydrogens is 507 g/mol. The van der Waals surface area contributed by atoms with Crippen molar-refractivity contribution in [1.82, 2.24) is 0 Å². The smallest absolute Gasteiger partial charge is 0.147 e. The zero-order chi connectivity index (χ0) is 22.8. The fraction of sp³-hybridized carbons (Fsp3) is 0.333. The van der Waals surface area contributed by atoms with Crippen LogP contribution in [0, 0.1) is 0 Å². The Bertz CT molecular complexity index is 1110. The van der Waals surface area contributed by atoms with Crippen LogP contribution in [0.15, 0.2) is 91.7 Å². The second-order valence-corrected chi connectivity index (χ2v) is 29.6. The molecule has 0 unspecified atom stereocenters. The molecule has 0 N–H and O–H groups in total. The molecule has 182 valence electrons. The Morgan fingerprint density at radius 2 is 1.00 bits per heavy atom. The second-order valence-electron chi connectivity index (χ2n) is 10.6. The second kappa shape index (κ2) is 11.8. The minimum Gasteiger partial charge on any atom is -0.147 e. The number of benzene rings is 2. The third kappa shape index (κ3) is 5.82. The SMILES string of the molecule is CCCC1=[C]([Ti]([CH3])([CH3])(=[SiH2])[C]2=C(CCC)C=C(c3ccccc3)C2)CC(c2ccccc2)=C1.Cl.Cl. The van der Waals surface area contributed by atoms with Gasteiger partial charge in [0.1, 0.15) is 0 Å². The standard InChI is InChI=1S/2C14H15.2CH3.2ClH.H2Si.Ti/c2*1-2-6-12-9-10-14(11-12)13-7-4-3-5-8-13;;;;;;/h2*3-5,7-8,11H,2,6,10H2,1H3;2*1H3;2*1H;1H2;. The van der Waals surface area contributed by atoms with Crippen LogP contribution in [0.3, 0.4) is 0 Å². The minimum absolute atomic E-state index is 0. The molecule has 4 heteroatoms. The Balaban J connectivity index is 0.00000204. The minimum atomic E-state index is -3.06. The van der Waals surface area contributed by atoms with Crippen molar-refractivity contribution >= 4 is 43.6 Å². The number of halogens is 2. The molecule has 34 heavy (non-hydrogen) atoms. The monoisotopic (exact) mass is 546 g/mol. The molecule has 0 saturated heterocycles. The molecule has 0 amide bonds. The fourth-order valence-electron chi connectivity index (χ4n) is 5.74. The molecule has 0 fully saturated rings. The summed E-state index contributed by atoms with van der Waals surface area (Å²) in [4.78, 5) is 0. The maximum Gasteiger partial charge on any atom is -0.147 e. The van der Waals surface area contributed by atoms with Crippen LogP contribution in [0.2, 0.25) is 10.5 Å². The third-order valence-corrected chi connectivity index (χ3v) is 18.6. The van der Waals surface area contributed by atoms with Crippen LogP contribution in [0.1, 0.15) is 63.5 Å². The summed E-state index contributed by atoms with van der Waals surface area (Å²) in [5.74, 6) is 0. The predicted octanol–water partition coefficient (Wildman–Crippen LogP) is 9.25. The van der Waals surface area contributed by atoms with Crippen molar-refractivity contribution in [3.8, 4) is 0 Å². The van der Waals surface area contributed by atoms with Crippen LogP contribution in [-0.4, -0.2) is 7.63 Å². The number of allylic oxidation sites excluding steroid dienone is 8. The molecule has 0 saturated carbocycles. The zero-order valence-corrected chi connectivity index (χ0v) is 25.8. The molecule has 0 heterocycles. The van der Waals surface area contributed by atoms with E-state index in [-0.39, 0.29) is 24.8 Å². The zero-order valence-electron chi connectivity index (χ0n) is 21.2. The average Bonchev–Trinajstić information content (AvgIpc) is 3.42. The van der Waals surface area contributed by atoms with Gasteiger partial charge in [-0.25, -0.2) is 0 Å². The van der Waals surface area contributed by atoms with Crippen molar-refractivity contribution in [1.29, 1.82) is 0 Å². The summed E-state index contributed by atoms with van der Waals surface area (Å²) in [5.41, 5.74) is 9.17. The Morgan fingerprint density at radius 1 is 0.647 bits per heavy atom. The van der Waals surface area contributed by atoms with E-state index < -0.39 is 14.0 Å². The first-order valence-electron chi connectivity index (χ1n) is 12.4. The van der Waals surface area contributed by atoms with Crippen molar-refractivity contribution in [2.45, 2.75) is 62.8 Å². The van der Waals surface area contributed by atoms with Gasteiger partial charge in [-0.1, -0.05) is 0 Å². The molecule has 2 aromatic carbocycles. The Kier molecular flexibility index (Phi) is 10.1. The molecule has 0 bridgehead atoms. The summed E-state index contributed by atoms with van der Waals surface area (Å²) in [5, 5.41) is 5.41. The number of hydrogen-bond donors (Lipinski definition) is 0. The first-order valence-corrected chi connectivity index (χ1v) is 21.1. The van der Waals surface area contributed by atoms with Crippen LogP contribution in [-0.2, 0) is 14.0 Å². The van der Waals surface area contributed by atoms with Gasteiger partial charge in [0.05, 0.1) is 0 Å². The predicted molar refractivity (Wildman–Crippen MR) is 157 cm³/mol. The van der Waals surface area contributed by atoms with Gasteiger partial charge in [0.15, 0.2) is 0 Å². The van der Waals surface area contributed by atoms with Gasteiger partial charge in [0.2, 0.25) is 0 Å². The number of rotatable bonds is 8. The van der Waals surface area contributed by atoms with Gasteiger partial charge in [-0.2, -0.15) is 0 Å². The van der Waals surface area contributed by atoms with Crippen LogP contribution < -0.4 is 0 Å². The summed E-state index contributed by atoms with van der Waals surface area (Å²) in [6.45, 7) is 4.66. The molecule has 2 aliphatic rings. The molecule has 0 spiro atoms. The first-order chi connectivity index (χ1) is 15.3. The topological polar surface area (TPSA) is 0 Å². The molecule has 0 aromatic heterocycles. The molecule has 2 aromatic rings. The molecule has 2 aliphatic carbocycles. The molecule has 0 aliphatic heterocycles. The number of hydrogen-bond acceptors (Lipinski definition) is 0. The van der Waals surface area contributed by atoms with Crippen molar-refractivity contribution < 1.29 is 14.0 Å². The van der Waals surface area contributed by atoms with Gasteiger partial charge >= 0.3 is 198 Å². The maximum atomic E-state index is 2.70. The van der Waals surface area contributed by atoms with Gasteiger partial charge in [0.25, 0.3) is 0 Å². The summed E-state index contributed by atoms with van der Waals surface area (Å²) >= 11 is -3.06. The Morgan fingerprint density at radius 3 is 1.32 bits per heavy atom. The van der Waals surface area contributed by atoms with E-state index in [1.807, 2.05) is 7.76 Å². The van der Waals surface area contributed by atoms with E-state index in [0.717, 1.165) is 12.8 Å². The van der Waals surface area contributed by atoms with Crippen LogP contribution >= 0.6 is 24.8 Å². The largest absolute Gasteiger partial charge is 0.147 e. The van der Waals surface area contributed by atoms with E-state index in [4.69, 9.17) is 0 Å². The molecular formula is C30H40Cl2SiTi. The quantitative estimate of drug-likeness (QED) is 0.289. The average molecular weight is 548 g/mol. The van der Waals surface area contributed by atoms with E-state index in [0.29, 0.717) is 0 Å². The van der Waals surface area contributed by atoms with Crippen LogP contribution in [0.25, 0.3) is 11.1 Å². The maximum absolute atomic E-state index is 3.06. The van der Waals surface area contributed by atoms with Gasteiger partial charge < -0.3 is 0 Å². The van der Waals surface area contributed by atoms with E-state index in [1.165, 1.54) is 48.0 Å². The Hall–Kier alpha value is -1.09. The Labute approximate surface area is 222 Å². The van der Waals surface area contributed by atoms with Crippen LogP contribution in [0.4, 0.5) is 0 Å². The normalized spacial score (nSPS) is 16.1. The third-order valence-electron chi connectivity index (χ3n) is 7.47.